The van der Waals surface area contributed by atoms with Gasteiger partial charge in [0.25, 0.3) is 0 Å². The Labute approximate surface area is 83.2 Å². The predicted molar refractivity (Wildman–Crippen MR) is 57.5 cm³/mol. The molecule has 2 nitrogen and oxygen atoms in total. The summed E-state index contributed by atoms with van der Waals surface area (Å²) >= 11 is 0. The van der Waals surface area contributed by atoms with Gasteiger partial charge in [-0.05, 0) is 30.2 Å². The molecule has 2 aromatic rings. The molecular formula is C12H13NO. The molecule has 0 atom stereocenters. The highest BCUT2D eigenvalue weighted by Crippen LogP contribution is 2.21. The van der Waals surface area contributed by atoms with E-state index in [0.717, 1.165) is 16.6 Å². The predicted octanol–water partition coefficient (Wildman–Crippen LogP) is 3.06. The molecule has 1 N–H and O–H groups in total. The van der Waals surface area contributed by atoms with Crippen LogP contribution in [0.2, 0.25) is 0 Å². The number of phenols is 1. The number of benzene rings is 1. The standard InChI is InChI=1S/C12H13NO/c1-8(2)11-5-3-9-7-10(14)4-6-12(9)13-11/h3-8,14H,1-2H3. The van der Waals surface area contributed by atoms with E-state index in [1.54, 1.807) is 12.1 Å². The lowest BCUT2D eigenvalue weighted by Gasteiger charge is -2.05. The summed E-state index contributed by atoms with van der Waals surface area (Å²) in [5, 5.41) is 10.3. The number of nitrogens with zero attached hydrogens (tertiary/aromatic N) is 1. The highest BCUT2D eigenvalue weighted by atomic mass is 16.3. The normalized spacial score (nSPS) is 11.1. The third-order valence-corrected chi connectivity index (χ3v) is 2.29. The third kappa shape index (κ3) is 1.55. The molecule has 0 unspecified atom stereocenters. The van der Waals surface area contributed by atoms with Gasteiger partial charge in [-0.25, -0.2) is 0 Å². The van der Waals surface area contributed by atoms with Crippen molar-refractivity contribution in [3.05, 3.63) is 36.0 Å². The first kappa shape index (κ1) is 9.00. The third-order valence-electron chi connectivity index (χ3n) is 2.29. The molecule has 0 bridgehead atoms. The van der Waals surface area contributed by atoms with Gasteiger partial charge in [0, 0.05) is 11.1 Å². The first-order valence-electron chi connectivity index (χ1n) is 4.76. The second-order valence-corrected chi connectivity index (χ2v) is 3.77. The van der Waals surface area contributed by atoms with Crippen LogP contribution in [-0.4, -0.2) is 10.1 Å². The number of rotatable bonds is 1. The largest absolute Gasteiger partial charge is 0.508 e. The summed E-state index contributed by atoms with van der Waals surface area (Å²) in [5.74, 6) is 0.727. The van der Waals surface area contributed by atoms with Crippen molar-refractivity contribution in [2.24, 2.45) is 0 Å². The van der Waals surface area contributed by atoms with Crippen molar-refractivity contribution >= 4 is 10.9 Å². The molecule has 2 rings (SSSR count). The average Bonchev–Trinajstić information content (AvgIpc) is 2.16. The molecule has 72 valence electrons. The number of aromatic nitrogens is 1. The van der Waals surface area contributed by atoms with Crippen LogP contribution >= 0.6 is 0 Å². The quantitative estimate of drug-likeness (QED) is 0.744. The Hall–Kier alpha value is -1.57. The summed E-state index contributed by atoms with van der Waals surface area (Å²) < 4.78 is 0. The molecule has 0 aliphatic heterocycles. The summed E-state index contributed by atoms with van der Waals surface area (Å²) in [6, 6.07) is 9.24. The minimum atomic E-state index is 0.289. The molecule has 0 aliphatic carbocycles. The molecule has 0 radical (unpaired) electrons. The molecule has 0 amide bonds. The molecule has 1 heterocycles. The molecular weight excluding hydrogens is 174 g/mol. The van der Waals surface area contributed by atoms with Crippen molar-refractivity contribution in [2.45, 2.75) is 19.8 Å². The second kappa shape index (κ2) is 3.29. The van der Waals surface area contributed by atoms with Crippen LogP contribution in [0.25, 0.3) is 10.9 Å². The van der Waals surface area contributed by atoms with Gasteiger partial charge in [0.1, 0.15) is 5.75 Å². The summed E-state index contributed by atoms with van der Waals surface area (Å²) in [7, 11) is 0. The Kier molecular flexibility index (Phi) is 2.12. The summed E-state index contributed by atoms with van der Waals surface area (Å²) in [6.07, 6.45) is 0. The molecule has 0 saturated heterocycles. The second-order valence-electron chi connectivity index (χ2n) is 3.77. The maximum absolute atomic E-state index is 9.28. The highest BCUT2D eigenvalue weighted by Gasteiger charge is 2.02. The van der Waals surface area contributed by atoms with Crippen LogP contribution in [0.15, 0.2) is 30.3 Å². The molecule has 0 fully saturated rings. The van der Waals surface area contributed by atoms with Crippen LogP contribution in [0.1, 0.15) is 25.5 Å². The topological polar surface area (TPSA) is 33.1 Å². The minimum Gasteiger partial charge on any atom is -0.508 e. The van der Waals surface area contributed by atoms with Crippen LogP contribution < -0.4 is 0 Å². The van der Waals surface area contributed by atoms with E-state index < -0.39 is 0 Å². The van der Waals surface area contributed by atoms with E-state index in [9.17, 15) is 5.11 Å². The molecule has 0 spiro atoms. The Balaban J connectivity index is 2.62. The van der Waals surface area contributed by atoms with Crippen molar-refractivity contribution < 1.29 is 5.11 Å². The number of hydrogen-bond acceptors (Lipinski definition) is 2. The molecule has 14 heavy (non-hydrogen) atoms. The van der Waals surface area contributed by atoms with E-state index in [4.69, 9.17) is 0 Å². The zero-order valence-corrected chi connectivity index (χ0v) is 8.36. The van der Waals surface area contributed by atoms with E-state index >= 15 is 0 Å². The van der Waals surface area contributed by atoms with Crippen LogP contribution in [0.4, 0.5) is 0 Å². The van der Waals surface area contributed by atoms with Crippen LogP contribution in [-0.2, 0) is 0 Å². The van der Waals surface area contributed by atoms with Crippen LogP contribution in [0.3, 0.4) is 0 Å². The van der Waals surface area contributed by atoms with E-state index in [1.807, 2.05) is 18.2 Å². The van der Waals surface area contributed by atoms with Crippen molar-refractivity contribution in [3.63, 3.8) is 0 Å². The van der Waals surface area contributed by atoms with E-state index in [0.29, 0.717) is 5.92 Å². The zero-order chi connectivity index (χ0) is 10.1. The molecule has 0 saturated carbocycles. The monoisotopic (exact) mass is 187 g/mol. The van der Waals surface area contributed by atoms with Crippen LogP contribution in [0.5, 0.6) is 5.75 Å². The van der Waals surface area contributed by atoms with E-state index in [-0.39, 0.29) is 5.75 Å². The summed E-state index contributed by atoms with van der Waals surface area (Å²) in [5.41, 5.74) is 2.03. The lowest BCUT2D eigenvalue weighted by atomic mass is 10.1. The van der Waals surface area contributed by atoms with Gasteiger partial charge in [0.05, 0.1) is 5.52 Å². The smallest absolute Gasteiger partial charge is 0.116 e. The molecule has 1 aromatic heterocycles. The number of hydrogen-bond donors (Lipinski definition) is 1. The Morgan fingerprint density at radius 3 is 2.64 bits per heavy atom. The number of fused-ring (bicyclic) bond motifs is 1. The van der Waals surface area contributed by atoms with E-state index in [1.165, 1.54) is 0 Å². The molecule has 0 aliphatic rings. The Bertz CT molecular complexity index is 463. The first-order valence-corrected chi connectivity index (χ1v) is 4.76. The number of aromatic hydroxyl groups is 1. The lowest BCUT2D eigenvalue weighted by molar-refractivity contribution is 0.476. The summed E-state index contributed by atoms with van der Waals surface area (Å²) in [6.45, 7) is 4.24. The zero-order valence-electron chi connectivity index (χ0n) is 8.36. The van der Waals surface area contributed by atoms with Crippen molar-refractivity contribution in [1.29, 1.82) is 0 Å². The lowest BCUT2D eigenvalue weighted by Crippen LogP contribution is -1.91. The summed E-state index contributed by atoms with van der Waals surface area (Å²) in [4.78, 5) is 4.50. The minimum absolute atomic E-state index is 0.289. The van der Waals surface area contributed by atoms with Gasteiger partial charge in [0.15, 0.2) is 0 Å². The SMILES string of the molecule is CC(C)c1ccc2cc(O)ccc2n1. The van der Waals surface area contributed by atoms with Crippen molar-refractivity contribution in [2.75, 3.05) is 0 Å². The van der Waals surface area contributed by atoms with Gasteiger partial charge in [-0.3, -0.25) is 4.98 Å². The van der Waals surface area contributed by atoms with Crippen molar-refractivity contribution in [3.8, 4) is 5.75 Å². The van der Waals surface area contributed by atoms with Gasteiger partial charge < -0.3 is 5.11 Å². The Morgan fingerprint density at radius 1 is 1.14 bits per heavy atom. The van der Waals surface area contributed by atoms with Gasteiger partial charge in [-0.15, -0.1) is 0 Å². The van der Waals surface area contributed by atoms with Gasteiger partial charge in [0.2, 0.25) is 0 Å². The molecule has 1 aromatic carbocycles. The number of phenolic OH excluding ortho intramolecular Hbond substituents is 1. The average molecular weight is 187 g/mol. The fourth-order valence-corrected chi connectivity index (χ4v) is 1.45. The molecule has 2 heteroatoms. The number of pyridine rings is 1. The van der Waals surface area contributed by atoms with Gasteiger partial charge >= 0.3 is 0 Å². The fourth-order valence-electron chi connectivity index (χ4n) is 1.45. The first-order chi connectivity index (χ1) is 6.66. The maximum atomic E-state index is 9.28. The highest BCUT2D eigenvalue weighted by molar-refractivity contribution is 5.80. The Morgan fingerprint density at radius 2 is 1.93 bits per heavy atom. The van der Waals surface area contributed by atoms with Gasteiger partial charge in [-0.2, -0.15) is 0 Å². The van der Waals surface area contributed by atoms with Crippen molar-refractivity contribution in [1.82, 2.24) is 4.98 Å². The van der Waals surface area contributed by atoms with Crippen LogP contribution in [0, 0.1) is 0 Å². The van der Waals surface area contributed by atoms with Gasteiger partial charge in [-0.1, -0.05) is 19.9 Å². The van der Waals surface area contributed by atoms with E-state index in [2.05, 4.69) is 18.8 Å². The maximum Gasteiger partial charge on any atom is 0.116 e. The fraction of sp³-hybridized carbons (Fsp3) is 0.250.